The van der Waals surface area contributed by atoms with E-state index in [1.807, 2.05) is 0 Å². The van der Waals surface area contributed by atoms with Crippen molar-refractivity contribution in [1.29, 1.82) is 0 Å². The zero-order chi connectivity index (χ0) is 14.8. The van der Waals surface area contributed by atoms with Crippen molar-refractivity contribution in [3.05, 3.63) is 17.5 Å². The minimum atomic E-state index is -3.38. The third-order valence-corrected chi connectivity index (χ3v) is 6.52. The lowest BCUT2D eigenvalue weighted by Gasteiger charge is -2.30. The first-order valence-electron chi connectivity index (χ1n) is 6.42. The Hall–Kier alpha value is -0.960. The summed E-state index contributed by atoms with van der Waals surface area (Å²) in [6.45, 7) is 0.789. The Kier molecular flexibility index (Phi) is 4.79. The second-order valence-electron chi connectivity index (χ2n) is 4.98. The Morgan fingerprint density at radius 3 is 2.55 bits per heavy atom. The van der Waals surface area contributed by atoms with Crippen LogP contribution in [0.3, 0.4) is 0 Å². The summed E-state index contributed by atoms with van der Waals surface area (Å²) >= 11 is 1.22. The molecule has 8 heteroatoms. The van der Waals surface area contributed by atoms with Crippen LogP contribution in [0.4, 0.5) is 0 Å². The van der Waals surface area contributed by atoms with Gasteiger partial charge in [-0.2, -0.15) is 4.31 Å². The van der Waals surface area contributed by atoms with Crippen LogP contribution in [0.1, 0.15) is 12.8 Å². The Balaban J connectivity index is 1.96. The van der Waals surface area contributed by atoms with E-state index in [4.69, 9.17) is 0 Å². The Labute approximate surface area is 123 Å². The molecule has 1 saturated heterocycles. The molecule has 6 nitrogen and oxygen atoms in total. The summed E-state index contributed by atoms with van der Waals surface area (Å²) in [7, 11) is 0.135. The average Bonchev–Trinajstić information content (AvgIpc) is 2.92. The Bertz CT molecular complexity index is 547. The second-order valence-corrected chi connectivity index (χ2v) is 8.09. The third-order valence-electron chi connectivity index (χ3n) is 3.25. The molecule has 20 heavy (non-hydrogen) atoms. The lowest BCUT2D eigenvalue weighted by Crippen LogP contribution is -2.45. The van der Waals surface area contributed by atoms with Crippen LogP contribution >= 0.6 is 11.3 Å². The Morgan fingerprint density at radius 1 is 1.40 bits per heavy atom. The fraction of sp³-hybridized carbons (Fsp3) is 0.583. The van der Waals surface area contributed by atoms with Gasteiger partial charge in [-0.3, -0.25) is 10.2 Å². The van der Waals surface area contributed by atoms with E-state index in [2.05, 4.69) is 5.43 Å². The zero-order valence-corrected chi connectivity index (χ0v) is 13.2. The first kappa shape index (κ1) is 15.4. The maximum Gasteiger partial charge on any atom is 0.252 e. The molecule has 0 bridgehead atoms. The fourth-order valence-corrected chi connectivity index (χ4v) is 4.82. The molecule has 2 rings (SSSR count). The predicted octanol–water partition coefficient (Wildman–Crippen LogP) is 0.742. The quantitative estimate of drug-likeness (QED) is 0.832. The molecule has 0 atom stereocenters. The SMILES string of the molecule is CN(C)NC(=O)C1CCN(S(=O)(=O)c2cccs2)CC1. The van der Waals surface area contributed by atoms with E-state index in [9.17, 15) is 13.2 Å². The van der Waals surface area contributed by atoms with E-state index < -0.39 is 10.0 Å². The summed E-state index contributed by atoms with van der Waals surface area (Å²) in [4.78, 5) is 11.9. The molecule has 0 spiro atoms. The number of rotatable bonds is 4. The van der Waals surface area contributed by atoms with Gasteiger partial charge in [0.15, 0.2) is 0 Å². The van der Waals surface area contributed by atoms with Crippen molar-refractivity contribution in [2.75, 3.05) is 27.2 Å². The molecule has 1 aromatic heterocycles. The Morgan fingerprint density at radius 2 is 2.05 bits per heavy atom. The molecular formula is C12H19N3O3S2. The van der Waals surface area contributed by atoms with Gasteiger partial charge in [0.2, 0.25) is 5.91 Å². The van der Waals surface area contributed by atoms with Gasteiger partial charge in [0.1, 0.15) is 4.21 Å². The van der Waals surface area contributed by atoms with Gasteiger partial charge in [-0.25, -0.2) is 13.4 Å². The highest BCUT2D eigenvalue weighted by atomic mass is 32.2. The molecule has 1 N–H and O–H groups in total. The number of thiophene rings is 1. The van der Waals surface area contributed by atoms with E-state index in [0.29, 0.717) is 30.1 Å². The number of carbonyl (C=O) groups excluding carboxylic acids is 1. The van der Waals surface area contributed by atoms with Crippen LogP contribution in [0.5, 0.6) is 0 Å². The number of nitrogens with one attached hydrogen (secondary N) is 1. The average molecular weight is 317 g/mol. The number of nitrogens with zero attached hydrogens (tertiary/aromatic N) is 2. The van der Waals surface area contributed by atoms with Gasteiger partial charge in [-0.15, -0.1) is 11.3 Å². The van der Waals surface area contributed by atoms with Gasteiger partial charge >= 0.3 is 0 Å². The highest BCUT2D eigenvalue weighted by Gasteiger charge is 2.32. The van der Waals surface area contributed by atoms with Crippen molar-refractivity contribution < 1.29 is 13.2 Å². The molecular weight excluding hydrogens is 298 g/mol. The first-order valence-corrected chi connectivity index (χ1v) is 8.74. The van der Waals surface area contributed by atoms with Crippen molar-refractivity contribution in [2.24, 2.45) is 5.92 Å². The molecule has 0 unspecified atom stereocenters. The highest BCUT2D eigenvalue weighted by molar-refractivity contribution is 7.91. The number of amides is 1. The normalized spacial score (nSPS) is 18.4. The first-order chi connectivity index (χ1) is 9.41. The summed E-state index contributed by atoms with van der Waals surface area (Å²) in [5.74, 6) is -0.157. The summed E-state index contributed by atoms with van der Waals surface area (Å²) in [6.07, 6.45) is 1.12. The summed E-state index contributed by atoms with van der Waals surface area (Å²) in [5, 5.41) is 3.36. The van der Waals surface area contributed by atoms with Crippen molar-refractivity contribution in [3.63, 3.8) is 0 Å². The van der Waals surface area contributed by atoms with E-state index in [1.165, 1.54) is 15.6 Å². The third kappa shape index (κ3) is 3.38. The number of hydrazine groups is 1. The molecule has 1 aliphatic rings. The smallest absolute Gasteiger partial charge is 0.252 e. The van der Waals surface area contributed by atoms with Crippen LogP contribution < -0.4 is 5.43 Å². The summed E-state index contributed by atoms with van der Waals surface area (Å²) < 4.78 is 26.5. The second kappa shape index (κ2) is 6.21. The largest absolute Gasteiger partial charge is 0.289 e. The number of carbonyl (C=O) groups is 1. The van der Waals surface area contributed by atoms with E-state index in [-0.39, 0.29) is 11.8 Å². The maximum absolute atomic E-state index is 12.3. The van der Waals surface area contributed by atoms with Crippen molar-refractivity contribution in [1.82, 2.24) is 14.7 Å². The number of hydrogen-bond donors (Lipinski definition) is 1. The molecule has 112 valence electrons. The summed E-state index contributed by atoms with van der Waals surface area (Å²) in [6, 6.07) is 3.35. The van der Waals surface area contributed by atoms with Gasteiger partial charge < -0.3 is 0 Å². The van der Waals surface area contributed by atoms with Crippen molar-refractivity contribution in [3.8, 4) is 0 Å². The molecule has 0 aliphatic carbocycles. The molecule has 1 amide bonds. The molecule has 2 heterocycles. The van der Waals surface area contributed by atoms with Crippen molar-refractivity contribution >= 4 is 27.3 Å². The van der Waals surface area contributed by atoms with Gasteiger partial charge in [0.25, 0.3) is 10.0 Å². The van der Waals surface area contributed by atoms with Crippen LogP contribution in [0, 0.1) is 5.92 Å². The highest BCUT2D eigenvalue weighted by Crippen LogP contribution is 2.26. The molecule has 0 aromatic carbocycles. The molecule has 1 fully saturated rings. The molecule has 0 radical (unpaired) electrons. The van der Waals surface area contributed by atoms with Crippen LogP contribution in [-0.2, 0) is 14.8 Å². The fourth-order valence-electron chi connectivity index (χ4n) is 2.21. The number of piperidine rings is 1. The van der Waals surface area contributed by atoms with Gasteiger partial charge in [-0.05, 0) is 24.3 Å². The lowest BCUT2D eigenvalue weighted by atomic mass is 9.98. The maximum atomic E-state index is 12.3. The molecule has 1 aromatic rings. The van der Waals surface area contributed by atoms with Gasteiger partial charge in [0, 0.05) is 33.1 Å². The van der Waals surface area contributed by atoms with Crippen LogP contribution in [0.15, 0.2) is 21.7 Å². The topological polar surface area (TPSA) is 69.7 Å². The van der Waals surface area contributed by atoms with E-state index >= 15 is 0 Å². The lowest BCUT2D eigenvalue weighted by molar-refractivity contribution is -0.130. The molecule has 1 aliphatic heterocycles. The van der Waals surface area contributed by atoms with E-state index in [0.717, 1.165) is 0 Å². The number of hydrogen-bond acceptors (Lipinski definition) is 5. The van der Waals surface area contributed by atoms with Crippen LogP contribution in [-0.4, -0.2) is 50.8 Å². The standard InChI is InChI=1S/C12H19N3O3S2/c1-14(2)13-12(16)10-5-7-15(8-6-10)20(17,18)11-4-3-9-19-11/h3-4,9-10H,5-8H2,1-2H3,(H,13,16). The molecule has 0 saturated carbocycles. The van der Waals surface area contributed by atoms with E-state index in [1.54, 1.807) is 36.6 Å². The minimum absolute atomic E-state index is 0.0387. The van der Waals surface area contributed by atoms with Gasteiger partial charge in [0.05, 0.1) is 0 Å². The predicted molar refractivity (Wildman–Crippen MR) is 77.6 cm³/mol. The minimum Gasteiger partial charge on any atom is -0.289 e. The monoisotopic (exact) mass is 317 g/mol. The van der Waals surface area contributed by atoms with Crippen LogP contribution in [0.25, 0.3) is 0 Å². The summed E-state index contributed by atoms with van der Waals surface area (Å²) in [5.41, 5.74) is 2.72. The zero-order valence-electron chi connectivity index (χ0n) is 11.6. The van der Waals surface area contributed by atoms with Crippen molar-refractivity contribution in [2.45, 2.75) is 17.1 Å². The van der Waals surface area contributed by atoms with Crippen LogP contribution in [0.2, 0.25) is 0 Å². The number of sulfonamides is 1. The van der Waals surface area contributed by atoms with Gasteiger partial charge in [-0.1, -0.05) is 6.07 Å².